The summed E-state index contributed by atoms with van der Waals surface area (Å²) < 4.78 is 16.0. The van der Waals surface area contributed by atoms with Gasteiger partial charge < -0.3 is 19.9 Å². The van der Waals surface area contributed by atoms with Gasteiger partial charge in [-0.3, -0.25) is 0 Å². The summed E-state index contributed by atoms with van der Waals surface area (Å²) in [6.45, 7) is 0. The van der Waals surface area contributed by atoms with E-state index in [2.05, 4.69) is 0 Å². The second-order valence-electron chi connectivity index (χ2n) is 3.84. The summed E-state index contributed by atoms with van der Waals surface area (Å²) in [5.41, 5.74) is 6.22. The van der Waals surface area contributed by atoms with Crippen molar-refractivity contribution >= 4 is 17.3 Å². The molecular weight excluding hydrogens is 266 g/mol. The standard InChI is InChI=1S/C14H14ClNO3/c1-17-10-6-11(18-2)8-12(7-10)19-14-4-3-9(16)5-13(14)15/h3-8H,16H2,1-2H3. The minimum atomic E-state index is 0.446. The van der Waals surface area contributed by atoms with E-state index in [0.29, 0.717) is 33.7 Å². The molecule has 0 bridgehead atoms. The van der Waals surface area contributed by atoms with E-state index in [9.17, 15) is 0 Å². The number of hydrogen-bond acceptors (Lipinski definition) is 4. The highest BCUT2D eigenvalue weighted by Crippen LogP contribution is 2.34. The monoisotopic (exact) mass is 279 g/mol. The van der Waals surface area contributed by atoms with Gasteiger partial charge in [0.2, 0.25) is 0 Å². The Morgan fingerprint density at radius 2 is 1.47 bits per heavy atom. The molecule has 100 valence electrons. The molecular formula is C14H14ClNO3. The van der Waals surface area contributed by atoms with Gasteiger partial charge in [-0.2, -0.15) is 0 Å². The molecule has 5 heteroatoms. The fraction of sp³-hybridized carbons (Fsp3) is 0.143. The number of benzene rings is 2. The average Bonchev–Trinajstić information content (AvgIpc) is 2.41. The minimum absolute atomic E-state index is 0.446. The number of hydrogen-bond donors (Lipinski definition) is 1. The van der Waals surface area contributed by atoms with Crippen LogP contribution in [0.25, 0.3) is 0 Å². The summed E-state index contributed by atoms with van der Waals surface area (Å²) in [5.74, 6) is 2.37. The Hall–Kier alpha value is -2.07. The maximum absolute atomic E-state index is 6.06. The molecule has 2 N–H and O–H groups in total. The van der Waals surface area contributed by atoms with Gasteiger partial charge in [0.15, 0.2) is 0 Å². The van der Waals surface area contributed by atoms with Crippen LogP contribution >= 0.6 is 11.6 Å². The fourth-order valence-corrected chi connectivity index (χ4v) is 1.79. The van der Waals surface area contributed by atoms with E-state index in [-0.39, 0.29) is 0 Å². The van der Waals surface area contributed by atoms with Gasteiger partial charge in [-0.1, -0.05) is 11.6 Å². The number of nitrogens with two attached hydrogens (primary N) is 1. The van der Waals surface area contributed by atoms with Crippen LogP contribution in [-0.2, 0) is 0 Å². The van der Waals surface area contributed by atoms with Crippen molar-refractivity contribution in [1.82, 2.24) is 0 Å². The highest BCUT2D eigenvalue weighted by molar-refractivity contribution is 6.32. The molecule has 2 aromatic carbocycles. The van der Waals surface area contributed by atoms with Gasteiger partial charge in [0.1, 0.15) is 23.0 Å². The maximum atomic E-state index is 6.06. The molecule has 0 aliphatic heterocycles. The molecule has 0 aromatic heterocycles. The highest BCUT2D eigenvalue weighted by atomic mass is 35.5. The summed E-state index contributed by atoms with van der Waals surface area (Å²) in [7, 11) is 3.16. The van der Waals surface area contributed by atoms with E-state index in [1.54, 1.807) is 50.6 Å². The lowest BCUT2D eigenvalue weighted by Crippen LogP contribution is -1.91. The first kappa shape index (κ1) is 13.4. The lowest BCUT2D eigenvalue weighted by molar-refractivity contribution is 0.386. The lowest BCUT2D eigenvalue weighted by atomic mass is 10.3. The molecule has 0 radical (unpaired) electrons. The van der Waals surface area contributed by atoms with E-state index >= 15 is 0 Å². The maximum Gasteiger partial charge on any atom is 0.146 e. The molecule has 0 spiro atoms. The lowest BCUT2D eigenvalue weighted by Gasteiger charge is -2.11. The summed E-state index contributed by atoms with van der Waals surface area (Å²) in [5, 5.41) is 0.446. The van der Waals surface area contributed by atoms with Crippen molar-refractivity contribution in [2.45, 2.75) is 0 Å². The minimum Gasteiger partial charge on any atom is -0.496 e. The average molecular weight is 280 g/mol. The number of anilines is 1. The quantitative estimate of drug-likeness (QED) is 0.867. The van der Waals surface area contributed by atoms with E-state index in [1.165, 1.54) is 0 Å². The van der Waals surface area contributed by atoms with Crippen LogP contribution in [0.1, 0.15) is 0 Å². The number of nitrogen functional groups attached to an aromatic ring is 1. The molecule has 0 unspecified atom stereocenters. The van der Waals surface area contributed by atoms with Crippen molar-refractivity contribution in [2.75, 3.05) is 20.0 Å². The first-order valence-corrected chi connectivity index (χ1v) is 5.96. The topological polar surface area (TPSA) is 53.7 Å². The van der Waals surface area contributed by atoms with E-state index < -0.39 is 0 Å². The molecule has 2 rings (SSSR count). The zero-order valence-corrected chi connectivity index (χ0v) is 11.4. The van der Waals surface area contributed by atoms with Gasteiger partial charge >= 0.3 is 0 Å². The normalized spacial score (nSPS) is 10.1. The first-order valence-electron chi connectivity index (χ1n) is 5.58. The van der Waals surface area contributed by atoms with Crippen LogP contribution in [0.15, 0.2) is 36.4 Å². The van der Waals surface area contributed by atoms with Crippen LogP contribution < -0.4 is 19.9 Å². The van der Waals surface area contributed by atoms with Crippen molar-refractivity contribution < 1.29 is 14.2 Å². The van der Waals surface area contributed by atoms with Crippen molar-refractivity contribution in [3.8, 4) is 23.0 Å². The van der Waals surface area contributed by atoms with Crippen LogP contribution in [0.4, 0.5) is 5.69 Å². The fourth-order valence-electron chi connectivity index (χ4n) is 1.57. The highest BCUT2D eigenvalue weighted by Gasteiger charge is 2.07. The van der Waals surface area contributed by atoms with E-state index in [1.807, 2.05) is 0 Å². The summed E-state index contributed by atoms with van der Waals surface area (Å²) in [6.07, 6.45) is 0. The first-order chi connectivity index (χ1) is 9.12. The Morgan fingerprint density at radius 3 is 2.00 bits per heavy atom. The van der Waals surface area contributed by atoms with Gasteiger partial charge in [-0.15, -0.1) is 0 Å². The Morgan fingerprint density at radius 1 is 0.895 bits per heavy atom. The molecule has 0 atom stereocenters. The Kier molecular flexibility index (Phi) is 4.02. The Balaban J connectivity index is 2.31. The van der Waals surface area contributed by atoms with Crippen molar-refractivity contribution in [2.24, 2.45) is 0 Å². The number of halogens is 1. The summed E-state index contributed by atoms with van der Waals surface area (Å²) in [6, 6.07) is 10.3. The SMILES string of the molecule is COc1cc(OC)cc(Oc2ccc(N)cc2Cl)c1. The summed E-state index contributed by atoms with van der Waals surface area (Å²) >= 11 is 6.06. The number of ether oxygens (including phenoxy) is 3. The van der Waals surface area contributed by atoms with E-state index in [4.69, 9.17) is 31.5 Å². The van der Waals surface area contributed by atoms with Crippen molar-refractivity contribution in [1.29, 1.82) is 0 Å². The molecule has 0 amide bonds. The molecule has 0 fully saturated rings. The van der Waals surface area contributed by atoms with Gasteiger partial charge in [-0.25, -0.2) is 0 Å². The Bertz CT molecular complexity index is 565. The van der Waals surface area contributed by atoms with Crippen LogP contribution in [0.5, 0.6) is 23.0 Å². The second kappa shape index (κ2) is 5.71. The van der Waals surface area contributed by atoms with Gasteiger partial charge in [0.25, 0.3) is 0 Å². The predicted molar refractivity (Wildman–Crippen MR) is 75.5 cm³/mol. The van der Waals surface area contributed by atoms with Crippen molar-refractivity contribution in [3.63, 3.8) is 0 Å². The third-order valence-corrected chi connectivity index (χ3v) is 2.80. The molecule has 0 aliphatic carbocycles. The largest absolute Gasteiger partial charge is 0.496 e. The molecule has 0 saturated heterocycles. The van der Waals surface area contributed by atoms with Crippen molar-refractivity contribution in [3.05, 3.63) is 41.4 Å². The zero-order chi connectivity index (χ0) is 13.8. The van der Waals surface area contributed by atoms with Gasteiger partial charge in [0.05, 0.1) is 19.2 Å². The van der Waals surface area contributed by atoms with Gasteiger partial charge in [0, 0.05) is 23.9 Å². The molecule has 0 saturated carbocycles. The predicted octanol–water partition coefficient (Wildman–Crippen LogP) is 3.73. The number of methoxy groups -OCH3 is 2. The zero-order valence-electron chi connectivity index (χ0n) is 10.6. The van der Waals surface area contributed by atoms with Crippen LogP contribution in [0.3, 0.4) is 0 Å². The Labute approximate surface area is 116 Å². The molecule has 2 aromatic rings. The third kappa shape index (κ3) is 3.23. The number of rotatable bonds is 4. The molecule has 0 heterocycles. The molecule has 19 heavy (non-hydrogen) atoms. The molecule has 0 aliphatic rings. The molecule has 4 nitrogen and oxygen atoms in total. The third-order valence-electron chi connectivity index (χ3n) is 2.51. The second-order valence-corrected chi connectivity index (χ2v) is 4.25. The van der Waals surface area contributed by atoms with E-state index in [0.717, 1.165) is 0 Å². The van der Waals surface area contributed by atoms with Gasteiger partial charge in [-0.05, 0) is 18.2 Å². The van der Waals surface area contributed by atoms with Crippen LogP contribution in [0.2, 0.25) is 5.02 Å². The summed E-state index contributed by atoms with van der Waals surface area (Å²) in [4.78, 5) is 0. The van der Waals surface area contributed by atoms with Crippen LogP contribution in [0, 0.1) is 0 Å². The van der Waals surface area contributed by atoms with Crippen LogP contribution in [-0.4, -0.2) is 14.2 Å². The smallest absolute Gasteiger partial charge is 0.146 e.